The molecule has 1 N–H and O–H groups in total. The quantitative estimate of drug-likeness (QED) is 0.693. The van der Waals surface area contributed by atoms with Crippen LogP contribution < -0.4 is 5.32 Å². The first-order chi connectivity index (χ1) is 14.6. The molecule has 2 aliphatic heterocycles. The number of para-hydroxylation sites is 1. The normalized spacial score (nSPS) is 21.3. The molecule has 5 rings (SSSR count). The van der Waals surface area contributed by atoms with Gasteiger partial charge in [0.2, 0.25) is 5.89 Å². The number of fused-ring (bicyclic) bond motifs is 1. The highest BCUT2D eigenvalue weighted by Gasteiger charge is 2.30. The molecular formula is C22H29FN6O. The predicted octanol–water partition coefficient (Wildman–Crippen LogP) is 3.29. The molecule has 160 valence electrons. The molecule has 2 saturated heterocycles. The van der Waals surface area contributed by atoms with E-state index in [2.05, 4.69) is 25.5 Å². The standard InChI is InChI=1S/C22H29FN6O/c1-14(2)20-17-4-3-5-18(23)21(17)29(26-20)22-25-19(30-27-22)12-15-8-11-28(13-15)16-6-9-24-10-7-16/h3-5,14-16,24H,6-13H2,1-2H3/t15-/m0/s1. The molecule has 4 heterocycles. The molecule has 0 spiro atoms. The SMILES string of the molecule is CC(C)c1nn(-c2noc(C[C@@H]3CCN(C4CCNCC4)C3)n2)c2c(F)cccc12. The monoisotopic (exact) mass is 412 g/mol. The Balaban J connectivity index is 1.34. The maximum absolute atomic E-state index is 14.6. The Morgan fingerprint density at radius 2 is 2.07 bits per heavy atom. The number of benzene rings is 1. The molecule has 7 nitrogen and oxygen atoms in total. The summed E-state index contributed by atoms with van der Waals surface area (Å²) in [5.41, 5.74) is 1.25. The summed E-state index contributed by atoms with van der Waals surface area (Å²) in [5.74, 6) is 1.27. The summed E-state index contributed by atoms with van der Waals surface area (Å²) in [5, 5.41) is 13.0. The van der Waals surface area contributed by atoms with Gasteiger partial charge in [0.15, 0.2) is 0 Å². The Morgan fingerprint density at radius 3 is 2.87 bits per heavy atom. The average Bonchev–Trinajstić information content (AvgIpc) is 3.47. The minimum atomic E-state index is -0.327. The van der Waals surface area contributed by atoms with Crippen molar-refractivity contribution in [1.82, 2.24) is 30.1 Å². The molecule has 2 aromatic heterocycles. The van der Waals surface area contributed by atoms with Crippen molar-refractivity contribution in [2.45, 2.75) is 51.5 Å². The van der Waals surface area contributed by atoms with Crippen LogP contribution in [0.15, 0.2) is 22.7 Å². The summed E-state index contributed by atoms with van der Waals surface area (Å²) in [6.45, 7) is 8.55. The van der Waals surface area contributed by atoms with Crippen LogP contribution in [0.1, 0.15) is 50.6 Å². The largest absolute Gasteiger partial charge is 0.337 e. The third kappa shape index (κ3) is 3.63. The van der Waals surface area contributed by atoms with Crippen molar-refractivity contribution in [3.8, 4) is 5.95 Å². The fraction of sp³-hybridized carbons (Fsp3) is 0.591. The van der Waals surface area contributed by atoms with E-state index < -0.39 is 0 Å². The van der Waals surface area contributed by atoms with Gasteiger partial charge in [-0.2, -0.15) is 14.8 Å². The van der Waals surface area contributed by atoms with E-state index in [4.69, 9.17) is 4.52 Å². The van der Waals surface area contributed by atoms with E-state index in [0.717, 1.165) is 50.1 Å². The fourth-order valence-electron chi connectivity index (χ4n) is 4.91. The van der Waals surface area contributed by atoms with Crippen molar-refractivity contribution in [2.75, 3.05) is 26.2 Å². The van der Waals surface area contributed by atoms with Gasteiger partial charge in [-0.25, -0.2) is 4.39 Å². The summed E-state index contributed by atoms with van der Waals surface area (Å²) >= 11 is 0. The number of likely N-dealkylation sites (tertiary alicyclic amines) is 1. The van der Waals surface area contributed by atoms with Crippen LogP contribution in [0, 0.1) is 11.7 Å². The van der Waals surface area contributed by atoms with Crippen LogP contribution in [-0.4, -0.2) is 57.0 Å². The van der Waals surface area contributed by atoms with Crippen LogP contribution in [0.2, 0.25) is 0 Å². The van der Waals surface area contributed by atoms with Crippen LogP contribution in [0.25, 0.3) is 16.9 Å². The minimum absolute atomic E-state index is 0.168. The van der Waals surface area contributed by atoms with Crippen molar-refractivity contribution in [2.24, 2.45) is 5.92 Å². The van der Waals surface area contributed by atoms with Crippen molar-refractivity contribution in [1.29, 1.82) is 0 Å². The highest BCUT2D eigenvalue weighted by Crippen LogP contribution is 2.29. The summed E-state index contributed by atoms with van der Waals surface area (Å²) in [7, 11) is 0. The Hall–Kier alpha value is -2.32. The van der Waals surface area contributed by atoms with Crippen LogP contribution in [0.5, 0.6) is 0 Å². The lowest BCUT2D eigenvalue weighted by Crippen LogP contribution is -2.42. The predicted molar refractivity (Wildman–Crippen MR) is 112 cm³/mol. The zero-order valence-corrected chi connectivity index (χ0v) is 17.6. The average molecular weight is 413 g/mol. The van der Waals surface area contributed by atoms with Gasteiger partial charge in [0.1, 0.15) is 11.3 Å². The van der Waals surface area contributed by atoms with Gasteiger partial charge < -0.3 is 9.84 Å². The Bertz CT molecular complexity index is 1020. The second-order valence-electron chi connectivity index (χ2n) is 8.91. The van der Waals surface area contributed by atoms with Gasteiger partial charge in [-0.1, -0.05) is 26.0 Å². The van der Waals surface area contributed by atoms with Gasteiger partial charge in [0.05, 0.1) is 5.69 Å². The topological polar surface area (TPSA) is 72.0 Å². The number of nitrogens with one attached hydrogen (secondary N) is 1. The fourth-order valence-corrected chi connectivity index (χ4v) is 4.91. The van der Waals surface area contributed by atoms with Gasteiger partial charge >= 0.3 is 0 Å². The molecule has 0 aliphatic carbocycles. The summed E-state index contributed by atoms with van der Waals surface area (Å²) < 4.78 is 21.6. The number of aromatic nitrogens is 4. The zero-order valence-electron chi connectivity index (χ0n) is 17.6. The van der Waals surface area contributed by atoms with Crippen LogP contribution in [0.3, 0.4) is 0 Å². The molecule has 1 atom stereocenters. The van der Waals surface area contributed by atoms with Crippen molar-refractivity contribution in [3.63, 3.8) is 0 Å². The Kier molecular flexibility index (Phi) is 5.28. The first-order valence-corrected chi connectivity index (χ1v) is 11.0. The number of rotatable bonds is 5. The summed E-state index contributed by atoms with van der Waals surface area (Å²) in [4.78, 5) is 7.19. The van der Waals surface area contributed by atoms with Crippen molar-refractivity contribution in [3.05, 3.63) is 35.6 Å². The van der Waals surface area contributed by atoms with E-state index in [1.807, 2.05) is 19.9 Å². The zero-order chi connectivity index (χ0) is 20.7. The third-order valence-corrected chi connectivity index (χ3v) is 6.48. The molecule has 30 heavy (non-hydrogen) atoms. The van der Waals surface area contributed by atoms with E-state index >= 15 is 0 Å². The maximum atomic E-state index is 14.6. The van der Waals surface area contributed by atoms with Crippen molar-refractivity contribution < 1.29 is 8.91 Å². The molecule has 0 radical (unpaired) electrons. The molecule has 3 aromatic rings. The molecule has 2 aliphatic rings. The first-order valence-electron chi connectivity index (χ1n) is 11.0. The lowest BCUT2D eigenvalue weighted by atomic mass is 10.0. The van der Waals surface area contributed by atoms with Gasteiger partial charge in [0.25, 0.3) is 5.95 Å². The van der Waals surface area contributed by atoms with Gasteiger partial charge in [-0.15, -0.1) is 0 Å². The van der Waals surface area contributed by atoms with Crippen LogP contribution in [-0.2, 0) is 6.42 Å². The molecule has 0 amide bonds. The second-order valence-corrected chi connectivity index (χ2v) is 8.91. The smallest absolute Gasteiger partial charge is 0.291 e. The minimum Gasteiger partial charge on any atom is -0.337 e. The Morgan fingerprint density at radius 1 is 1.23 bits per heavy atom. The molecular weight excluding hydrogens is 383 g/mol. The van der Waals surface area contributed by atoms with E-state index in [9.17, 15) is 4.39 Å². The number of hydrogen-bond acceptors (Lipinski definition) is 6. The number of nitrogens with zero attached hydrogens (tertiary/aromatic N) is 5. The van der Waals surface area contributed by atoms with E-state index in [1.165, 1.54) is 23.6 Å². The molecule has 8 heteroatoms. The highest BCUT2D eigenvalue weighted by molar-refractivity contribution is 5.84. The number of piperidine rings is 1. The van der Waals surface area contributed by atoms with E-state index in [-0.39, 0.29) is 11.7 Å². The second kappa shape index (κ2) is 8.07. The van der Waals surface area contributed by atoms with E-state index in [0.29, 0.717) is 29.3 Å². The molecule has 2 fully saturated rings. The van der Waals surface area contributed by atoms with Gasteiger partial charge in [0, 0.05) is 24.4 Å². The number of hydrogen-bond donors (Lipinski definition) is 1. The van der Waals surface area contributed by atoms with Crippen molar-refractivity contribution >= 4 is 10.9 Å². The highest BCUT2D eigenvalue weighted by atomic mass is 19.1. The lowest BCUT2D eigenvalue weighted by molar-refractivity contribution is 0.191. The van der Waals surface area contributed by atoms with Gasteiger partial charge in [-0.05, 0) is 62.0 Å². The Labute approximate surface area is 175 Å². The molecule has 0 bridgehead atoms. The summed E-state index contributed by atoms with van der Waals surface area (Å²) in [6, 6.07) is 5.75. The molecule has 0 unspecified atom stereocenters. The van der Waals surface area contributed by atoms with Crippen LogP contribution in [0.4, 0.5) is 4.39 Å². The van der Waals surface area contributed by atoms with Crippen LogP contribution >= 0.6 is 0 Å². The first kappa shape index (κ1) is 19.6. The lowest BCUT2D eigenvalue weighted by Gasteiger charge is -2.31. The molecule has 1 aromatic carbocycles. The maximum Gasteiger partial charge on any atom is 0.291 e. The number of halogens is 1. The van der Waals surface area contributed by atoms with E-state index in [1.54, 1.807) is 6.07 Å². The molecule has 0 saturated carbocycles. The summed E-state index contributed by atoms with van der Waals surface area (Å²) in [6.07, 6.45) is 4.37. The van der Waals surface area contributed by atoms with Gasteiger partial charge in [-0.3, -0.25) is 4.90 Å². The third-order valence-electron chi connectivity index (χ3n) is 6.48.